The lowest BCUT2D eigenvalue weighted by molar-refractivity contribution is -0.119. The molecule has 1 rings (SSSR count). The van der Waals surface area contributed by atoms with Gasteiger partial charge in [0.2, 0.25) is 5.91 Å². The molecule has 3 N–H and O–H groups in total. The summed E-state index contributed by atoms with van der Waals surface area (Å²) in [6.45, 7) is 8.31. The Morgan fingerprint density at radius 3 is 2.41 bits per heavy atom. The Labute approximate surface area is 103 Å². The quantitative estimate of drug-likeness (QED) is 0.841. The highest BCUT2D eigenvalue weighted by Crippen LogP contribution is 2.24. The van der Waals surface area contributed by atoms with E-state index >= 15 is 0 Å². The van der Waals surface area contributed by atoms with Gasteiger partial charge < -0.3 is 11.1 Å². The third-order valence-corrected chi connectivity index (χ3v) is 2.63. The molecule has 0 spiro atoms. The summed E-state index contributed by atoms with van der Waals surface area (Å²) in [5.74, 6) is -0.303. The van der Waals surface area contributed by atoms with Crippen LogP contribution in [0.5, 0.6) is 0 Å². The number of aryl methyl sites for hydroxylation is 1. The highest BCUT2D eigenvalue weighted by molar-refractivity contribution is 5.83. The van der Waals surface area contributed by atoms with Gasteiger partial charge in [0.1, 0.15) is 6.04 Å². The van der Waals surface area contributed by atoms with Crippen molar-refractivity contribution < 1.29 is 4.79 Å². The molecule has 3 heteroatoms. The minimum atomic E-state index is -0.323. The van der Waals surface area contributed by atoms with Crippen molar-refractivity contribution in [1.82, 2.24) is 0 Å². The van der Waals surface area contributed by atoms with Crippen LogP contribution in [0.15, 0.2) is 24.3 Å². The molecule has 0 saturated carbocycles. The van der Waals surface area contributed by atoms with E-state index in [0.29, 0.717) is 0 Å². The number of rotatable bonds is 4. The number of amides is 1. The Morgan fingerprint density at radius 2 is 1.94 bits per heavy atom. The molecule has 0 aliphatic carbocycles. The van der Waals surface area contributed by atoms with Crippen LogP contribution in [-0.2, 0) is 4.79 Å². The lowest BCUT2D eigenvalue weighted by atomic mass is 9.87. The summed E-state index contributed by atoms with van der Waals surface area (Å²) in [5.41, 5.74) is 7.60. The third-order valence-electron chi connectivity index (χ3n) is 2.63. The van der Waals surface area contributed by atoms with Crippen molar-refractivity contribution in [2.75, 3.05) is 5.32 Å². The lowest BCUT2D eigenvalue weighted by Crippen LogP contribution is -2.38. The molecule has 1 atom stereocenters. The topological polar surface area (TPSA) is 55.1 Å². The summed E-state index contributed by atoms with van der Waals surface area (Å²) in [6, 6.07) is 7.58. The minimum absolute atomic E-state index is 0.0649. The second-order valence-corrected chi connectivity index (χ2v) is 5.68. The van der Waals surface area contributed by atoms with Gasteiger partial charge in [0.25, 0.3) is 0 Å². The second-order valence-electron chi connectivity index (χ2n) is 5.68. The van der Waals surface area contributed by atoms with Gasteiger partial charge in [-0.25, -0.2) is 0 Å². The van der Waals surface area contributed by atoms with Crippen molar-refractivity contribution in [3.63, 3.8) is 0 Å². The first-order chi connectivity index (χ1) is 7.79. The zero-order valence-electron chi connectivity index (χ0n) is 11.1. The van der Waals surface area contributed by atoms with Crippen molar-refractivity contribution in [2.24, 2.45) is 11.1 Å². The second kappa shape index (κ2) is 5.21. The van der Waals surface area contributed by atoms with Crippen LogP contribution in [0.1, 0.15) is 32.8 Å². The van der Waals surface area contributed by atoms with Crippen molar-refractivity contribution in [3.05, 3.63) is 29.8 Å². The van der Waals surface area contributed by atoms with Crippen LogP contribution < -0.4 is 11.1 Å². The average molecular weight is 234 g/mol. The standard InChI is InChI=1S/C14H22N2O/c1-10-7-5-6-8-11(10)16-12(13(15)17)9-14(2,3)4/h5-8,12,16H,9H2,1-4H3,(H2,15,17). The van der Waals surface area contributed by atoms with Gasteiger partial charge in [-0.3, -0.25) is 4.79 Å². The molecule has 0 aromatic heterocycles. The summed E-state index contributed by atoms with van der Waals surface area (Å²) in [4.78, 5) is 11.5. The van der Waals surface area contributed by atoms with Gasteiger partial charge in [0.05, 0.1) is 0 Å². The number of para-hydroxylation sites is 1. The van der Waals surface area contributed by atoms with E-state index in [1.54, 1.807) is 0 Å². The van der Waals surface area contributed by atoms with Crippen LogP contribution >= 0.6 is 0 Å². The fraction of sp³-hybridized carbons (Fsp3) is 0.500. The number of benzene rings is 1. The van der Waals surface area contributed by atoms with E-state index < -0.39 is 0 Å². The smallest absolute Gasteiger partial charge is 0.239 e. The molecule has 0 fully saturated rings. The number of carbonyl (C=O) groups excluding carboxylic acids is 1. The molecule has 94 valence electrons. The molecule has 3 nitrogen and oxygen atoms in total. The third kappa shape index (κ3) is 4.47. The number of anilines is 1. The molecule has 17 heavy (non-hydrogen) atoms. The number of hydrogen-bond acceptors (Lipinski definition) is 2. The molecular weight excluding hydrogens is 212 g/mol. The Kier molecular flexibility index (Phi) is 4.16. The van der Waals surface area contributed by atoms with E-state index in [1.807, 2.05) is 31.2 Å². The summed E-state index contributed by atoms with van der Waals surface area (Å²) >= 11 is 0. The molecule has 1 aromatic carbocycles. The zero-order valence-corrected chi connectivity index (χ0v) is 11.1. The SMILES string of the molecule is Cc1ccccc1NC(CC(C)(C)C)C(N)=O. The van der Waals surface area contributed by atoms with Crippen molar-refractivity contribution in [1.29, 1.82) is 0 Å². The first kappa shape index (κ1) is 13.6. The molecule has 0 aliphatic rings. The van der Waals surface area contributed by atoms with Crippen LogP contribution in [0.25, 0.3) is 0 Å². The van der Waals surface area contributed by atoms with Crippen molar-refractivity contribution in [2.45, 2.75) is 40.2 Å². The maximum absolute atomic E-state index is 11.5. The van der Waals surface area contributed by atoms with E-state index in [2.05, 4.69) is 26.1 Å². The minimum Gasteiger partial charge on any atom is -0.373 e. The predicted molar refractivity (Wildman–Crippen MR) is 71.9 cm³/mol. The van der Waals surface area contributed by atoms with E-state index in [1.165, 1.54) is 0 Å². The molecule has 0 bridgehead atoms. The van der Waals surface area contributed by atoms with Crippen LogP contribution in [0.4, 0.5) is 5.69 Å². The van der Waals surface area contributed by atoms with E-state index in [4.69, 9.17) is 5.73 Å². The summed E-state index contributed by atoms with van der Waals surface area (Å²) < 4.78 is 0. The maximum Gasteiger partial charge on any atom is 0.239 e. The highest BCUT2D eigenvalue weighted by atomic mass is 16.1. The molecule has 0 aliphatic heterocycles. The first-order valence-corrected chi connectivity index (χ1v) is 5.91. The van der Waals surface area contributed by atoms with Gasteiger partial charge in [-0.1, -0.05) is 39.0 Å². The Hall–Kier alpha value is -1.51. The number of hydrogen-bond donors (Lipinski definition) is 2. The summed E-state index contributed by atoms with van der Waals surface area (Å²) in [6.07, 6.45) is 0.719. The largest absolute Gasteiger partial charge is 0.373 e. The van der Waals surface area contributed by atoms with E-state index in [-0.39, 0.29) is 17.4 Å². The van der Waals surface area contributed by atoms with Gasteiger partial charge in [0, 0.05) is 5.69 Å². The van der Waals surface area contributed by atoms with Gasteiger partial charge in [0.15, 0.2) is 0 Å². The monoisotopic (exact) mass is 234 g/mol. The van der Waals surface area contributed by atoms with E-state index in [9.17, 15) is 4.79 Å². The van der Waals surface area contributed by atoms with Crippen LogP contribution in [-0.4, -0.2) is 11.9 Å². The van der Waals surface area contributed by atoms with Crippen LogP contribution in [0.3, 0.4) is 0 Å². The number of carbonyl (C=O) groups is 1. The normalized spacial score (nSPS) is 13.2. The average Bonchev–Trinajstić information content (AvgIpc) is 2.18. The van der Waals surface area contributed by atoms with E-state index in [0.717, 1.165) is 17.7 Å². The molecule has 0 heterocycles. The fourth-order valence-corrected chi connectivity index (χ4v) is 1.76. The van der Waals surface area contributed by atoms with Gasteiger partial charge in [-0.15, -0.1) is 0 Å². The summed E-state index contributed by atoms with van der Waals surface area (Å²) in [5, 5.41) is 3.23. The number of nitrogens with two attached hydrogens (primary N) is 1. The van der Waals surface area contributed by atoms with Crippen LogP contribution in [0, 0.1) is 12.3 Å². The molecule has 1 unspecified atom stereocenters. The fourth-order valence-electron chi connectivity index (χ4n) is 1.76. The number of nitrogens with one attached hydrogen (secondary N) is 1. The van der Waals surface area contributed by atoms with Gasteiger partial charge >= 0.3 is 0 Å². The first-order valence-electron chi connectivity index (χ1n) is 5.91. The molecular formula is C14H22N2O. The molecule has 0 saturated heterocycles. The Bertz CT molecular complexity index is 393. The molecule has 1 aromatic rings. The van der Waals surface area contributed by atoms with Gasteiger partial charge in [-0.05, 0) is 30.4 Å². The Morgan fingerprint density at radius 1 is 1.35 bits per heavy atom. The molecule has 1 amide bonds. The number of primary amides is 1. The lowest BCUT2D eigenvalue weighted by Gasteiger charge is -2.26. The van der Waals surface area contributed by atoms with Crippen LogP contribution in [0.2, 0.25) is 0 Å². The zero-order chi connectivity index (χ0) is 13.1. The van der Waals surface area contributed by atoms with Gasteiger partial charge in [-0.2, -0.15) is 0 Å². The summed E-state index contributed by atoms with van der Waals surface area (Å²) in [7, 11) is 0. The molecule has 0 radical (unpaired) electrons. The van der Waals surface area contributed by atoms with Crippen molar-refractivity contribution in [3.8, 4) is 0 Å². The predicted octanol–water partition coefficient (Wildman–Crippen LogP) is 2.70. The highest BCUT2D eigenvalue weighted by Gasteiger charge is 2.23. The maximum atomic E-state index is 11.5. The Balaban J connectivity index is 2.81. The van der Waals surface area contributed by atoms with Crippen molar-refractivity contribution >= 4 is 11.6 Å².